The fourth-order valence-electron chi connectivity index (χ4n) is 3.98. The molecule has 7 heteroatoms. The molecule has 1 unspecified atom stereocenters. The van der Waals surface area contributed by atoms with Gasteiger partial charge in [-0.15, -0.1) is 0 Å². The van der Waals surface area contributed by atoms with Crippen molar-refractivity contribution in [2.75, 3.05) is 6.54 Å². The van der Waals surface area contributed by atoms with E-state index in [1.165, 1.54) is 4.90 Å². The molecule has 4 atom stereocenters. The molecule has 2 N–H and O–H groups in total. The highest BCUT2D eigenvalue weighted by molar-refractivity contribution is 5.90. The average Bonchev–Trinajstić information content (AvgIpc) is 3.01. The summed E-state index contributed by atoms with van der Waals surface area (Å²) in [5.74, 6) is -1.18. The summed E-state index contributed by atoms with van der Waals surface area (Å²) in [7, 11) is 0. The molecule has 142 valence electrons. The van der Waals surface area contributed by atoms with Gasteiger partial charge in [0, 0.05) is 6.54 Å². The summed E-state index contributed by atoms with van der Waals surface area (Å²) in [5, 5.41) is 12.3. The molecule has 1 aliphatic heterocycles. The fourth-order valence-corrected chi connectivity index (χ4v) is 3.98. The summed E-state index contributed by atoms with van der Waals surface area (Å²) in [5.41, 5.74) is -0.664. The molecule has 1 saturated carbocycles. The second-order valence-corrected chi connectivity index (χ2v) is 8.50. The number of hydrogen-bond acceptors (Lipinski definition) is 4. The third-order valence-electron chi connectivity index (χ3n) is 5.03. The third kappa shape index (κ3) is 4.44. The number of carboxylic acid groups (broad SMARTS) is 1. The normalized spacial score (nSPS) is 27.1. The molecule has 0 aromatic rings. The molecule has 1 saturated heterocycles. The number of ether oxygens (including phenoxy) is 1. The van der Waals surface area contributed by atoms with Crippen LogP contribution in [-0.2, 0) is 14.3 Å². The number of carboxylic acids is 1. The Bertz CT molecular complexity index is 540. The lowest BCUT2D eigenvalue weighted by atomic mass is 9.94. The van der Waals surface area contributed by atoms with E-state index in [1.54, 1.807) is 20.8 Å². The number of nitrogens with zero attached hydrogens (tertiary/aromatic N) is 1. The second kappa shape index (κ2) is 7.22. The van der Waals surface area contributed by atoms with Gasteiger partial charge in [-0.3, -0.25) is 4.79 Å². The number of amides is 2. The van der Waals surface area contributed by atoms with Gasteiger partial charge in [-0.1, -0.05) is 20.3 Å². The first-order chi connectivity index (χ1) is 11.5. The number of rotatable bonds is 4. The summed E-state index contributed by atoms with van der Waals surface area (Å²) < 4.78 is 5.24. The average molecular weight is 354 g/mol. The Labute approximate surface area is 149 Å². The van der Waals surface area contributed by atoms with E-state index in [0.29, 0.717) is 6.54 Å². The topological polar surface area (TPSA) is 95.9 Å². The summed E-state index contributed by atoms with van der Waals surface area (Å²) in [6.45, 7) is 9.36. The van der Waals surface area contributed by atoms with Crippen molar-refractivity contribution in [3.05, 3.63) is 0 Å². The van der Waals surface area contributed by atoms with Gasteiger partial charge >= 0.3 is 12.1 Å². The third-order valence-corrected chi connectivity index (χ3v) is 5.03. The summed E-state index contributed by atoms with van der Waals surface area (Å²) in [6.07, 6.45) is 2.16. The van der Waals surface area contributed by atoms with Gasteiger partial charge in [-0.2, -0.15) is 0 Å². The van der Waals surface area contributed by atoms with Crippen molar-refractivity contribution in [1.29, 1.82) is 0 Å². The minimum atomic E-state index is -0.956. The van der Waals surface area contributed by atoms with Gasteiger partial charge in [0.2, 0.25) is 5.91 Å². The molecule has 7 nitrogen and oxygen atoms in total. The Balaban J connectivity index is 2.14. The van der Waals surface area contributed by atoms with Crippen molar-refractivity contribution in [1.82, 2.24) is 10.2 Å². The fraction of sp³-hybridized carbons (Fsp3) is 0.833. The van der Waals surface area contributed by atoms with Gasteiger partial charge in [0.1, 0.15) is 17.7 Å². The Morgan fingerprint density at radius 2 is 1.84 bits per heavy atom. The number of nitrogens with one attached hydrogen (secondary N) is 1. The van der Waals surface area contributed by atoms with Crippen LogP contribution in [0.3, 0.4) is 0 Å². The minimum Gasteiger partial charge on any atom is -0.480 e. The zero-order chi connectivity index (χ0) is 18.9. The van der Waals surface area contributed by atoms with Gasteiger partial charge in [-0.05, 0) is 51.4 Å². The maximum absolute atomic E-state index is 13.0. The van der Waals surface area contributed by atoms with Crippen LogP contribution in [0.1, 0.15) is 53.9 Å². The Kier molecular flexibility index (Phi) is 5.64. The first-order valence-corrected chi connectivity index (χ1v) is 9.04. The highest BCUT2D eigenvalue weighted by atomic mass is 16.6. The Morgan fingerprint density at radius 3 is 2.36 bits per heavy atom. The van der Waals surface area contributed by atoms with E-state index >= 15 is 0 Å². The van der Waals surface area contributed by atoms with Crippen LogP contribution in [0.15, 0.2) is 0 Å². The number of carbonyl (C=O) groups excluding carboxylic acids is 2. The zero-order valence-corrected chi connectivity index (χ0v) is 15.7. The van der Waals surface area contributed by atoms with Crippen molar-refractivity contribution in [2.45, 2.75) is 71.6 Å². The van der Waals surface area contributed by atoms with E-state index in [2.05, 4.69) is 5.32 Å². The molecule has 2 amide bonds. The van der Waals surface area contributed by atoms with Crippen molar-refractivity contribution >= 4 is 18.0 Å². The van der Waals surface area contributed by atoms with Crippen LogP contribution >= 0.6 is 0 Å². The molecule has 0 spiro atoms. The van der Waals surface area contributed by atoms with Gasteiger partial charge in [0.15, 0.2) is 0 Å². The maximum Gasteiger partial charge on any atom is 0.408 e. The van der Waals surface area contributed by atoms with Crippen LogP contribution in [0.25, 0.3) is 0 Å². The molecule has 0 radical (unpaired) electrons. The quantitative estimate of drug-likeness (QED) is 0.807. The highest BCUT2D eigenvalue weighted by Gasteiger charge is 2.50. The number of alkyl carbamates (subject to hydrolysis) is 1. The minimum absolute atomic E-state index is 0.0239. The van der Waals surface area contributed by atoms with Crippen LogP contribution in [0.5, 0.6) is 0 Å². The molecule has 2 aliphatic rings. The van der Waals surface area contributed by atoms with Crippen LogP contribution < -0.4 is 5.32 Å². The molecule has 1 aliphatic carbocycles. The lowest BCUT2D eigenvalue weighted by Crippen LogP contribution is -2.55. The SMILES string of the molecule is CC(C)C(NC(=O)OC(C)(C)C)C(=O)N1C[C@@H]2CCC[C@@H]2[C@H]1C(=O)O. The Morgan fingerprint density at radius 1 is 1.20 bits per heavy atom. The predicted octanol–water partition coefficient (Wildman–Crippen LogP) is 2.25. The molecule has 2 fully saturated rings. The lowest BCUT2D eigenvalue weighted by Gasteiger charge is -2.31. The van der Waals surface area contributed by atoms with Crippen molar-refractivity contribution < 1.29 is 24.2 Å². The van der Waals surface area contributed by atoms with E-state index in [1.807, 2.05) is 13.8 Å². The summed E-state index contributed by atoms with van der Waals surface area (Å²) in [6, 6.07) is -1.59. The monoisotopic (exact) mass is 354 g/mol. The van der Waals surface area contributed by atoms with Crippen LogP contribution in [0, 0.1) is 17.8 Å². The van der Waals surface area contributed by atoms with Gasteiger partial charge in [0.25, 0.3) is 0 Å². The molecule has 25 heavy (non-hydrogen) atoms. The largest absolute Gasteiger partial charge is 0.480 e. The molecular formula is C18H30N2O5. The summed E-state index contributed by atoms with van der Waals surface area (Å²) in [4.78, 5) is 38.3. The molecule has 2 rings (SSSR count). The van der Waals surface area contributed by atoms with E-state index < -0.39 is 29.7 Å². The second-order valence-electron chi connectivity index (χ2n) is 8.50. The Hall–Kier alpha value is -1.79. The number of hydrogen-bond donors (Lipinski definition) is 2. The number of likely N-dealkylation sites (tertiary alicyclic amines) is 1. The zero-order valence-electron chi connectivity index (χ0n) is 15.7. The molecular weight excluding hydrogens is 324 g/mol. The number of fused-ring (bicyclic) bond motifs is 1. The maximum atomic E-state index is 13.0. The number of carbonyl (C=O) groups is 3. The van der Waals surface area contributed by atoms with Crippen molar-refractivity contribution in [3.8, 4) is 0 Å². The first kappa shape index (κ1) is 19.5. The molecule has 1 heterocycles. The smallest absolute Gasteiger partial charge is 0.408 e. The highest BCUT2D eigenvalue weighted by Crippen LogP contribution is 2.42. The van der Waals surface area contributed by atoms with Gasteiger partial charge in [0.05, 0.1) is 0 Å². The van der Waals surface area contributed by atoms with Crippen molar-refractivity contribution in [3.63, 3.8) is 0 Å². The predicted molar refractivity (Wildman–Crippen MR) is 92.0 cm³/mol. The number of aliphatic carboxylic acids is 1. The molecule has 0 aromatic carbocycles. The standard InChI is InChI=1S/C18H30N2O5/c1-10(2)13(19-17(24)25-18(3,4)5)15(21)20-9-11-7-6-8-12(11)14(20)16(22)23/h10-14H,6-9H2,1-5H3,(H,19,24)(H,22,23)/t11-,12-,13?,14-/m0/s1. The van der Waals surface area contributed by atoms with E-state index in [0.717, 1.165) is 19.3 Å². The van der Waals surface area contributed by atoms with E-state index in [-0.39, 0.29) is 23.7 Å². The van der Waals surface area contributed by atoms with Crippen LogP contribution in [0.2, 0.25) is 0 Å². The van der Waals surface area contributed by atoms with Gasteiger partial charge in [-0.25, -0.2) is 9.59 Å². The van der Waals surface area contributed by atoms with Crippen molar-refractivity contribution in [2.24, 2.45) is 17.8 Å². The van der Waals surface area contributed by atoms with Crippen LogP contribution in [-0.4, -0.2) is 52.2 Å². The summed E-state index contributed by atoms with van der Waals surface area (Å²) >= 11 is 0. The van der Waals surface area contributed by atoms with E-state index in [4.69, 9.17) is 4.74 Å². The van der Waals surface area contributed by atoms with E-state index in [9.17, 15) is 19.5 Å². The molecule has 0 bridgehead atoms. The first-order valence-electron chi connectivity index (χ1n) is 9.04. The lowest BCUT2D eigenvalue weighted by molar-refractivity contribution is -0.150. The molecule has 0 aromatic heterocycles. The van der Waals surface area contributed by atoms with Gasteiger partial charge < -0.3 is 20.1 Å². The van der Waals surface area contributed by atoms with Crippen LogP contribution in [0.4, 0.5) is 4.79 Å².